The molecule has 25 heavy (non-hydrogen) atoms. The second-order valence-electron chi connectivity index (χ2n) is 6.06. The third-order valence-electron chi connectivity index (χ3n) is 4.37. The number of fused-ring (bicyclic) bond motifs is 1. The molecule has 1 aliphatic rings. The number of halogens is 1. The maximum atomic E-state index is 13.9. The van der Waals surface area contributed by atoms with Crippen molar-refractivity contribution in [1.29, 1.82) is 0 Å². The second-order valence-corrected chi connectivity index (χ2v) is 6.06. The molecular weight excluding hydrogens is 325 g/mol. The van der Waals surface area contributed by atoms with Gasteiger partial charge in [-0.05, 0) is 37.3 Å². The summed E-state index contributed by atoms with van der Waals surface area (Å²) in [6.07, 6.45) is 3.02. The SMILES string of the molecule is C[C@]1(c2ccco2)NC(=O)N(Cc2cc(F)cc3cccnc23)C1=O. The second kappa shape index (κ2) is 5.41. The maximum Gasteiger partial charge on any atom is 0.325 e. The first kappa shape index (κ1) is 15.3. The minimum Gasteiger partial charge on any atom is -0.466 e. The topological polar surface area (TPSA) is 75.4 Å². The van der Waals surface area contributed by atoms with Crippen molar-refractivity contribution in [1.82, 2.24) is 15.2 Å². The van der Waals surface area contributed by atoms with Crippen LogP contribution in [-0.4, -0.2) is 21.8 Å². The van der Waals surface area contributed by atoms with Crippen LogP contribution in [0.1, 0.15) is 18.2 Å². The summed E-state index contributed by atoms with van der Waals surface area (Å²) in [6, 6.07) is 8.80. The molecule has 0 bridgehead atoms. The lowest BCUT2D eigenvalue weighted by molar-refractivity contribution is -0.132. The Morgan fingerprint density at radius 2 is 2.12 bits per heavy atom. The van der Waals surface area contributed by atoms with Gasteiger partial charge in [-0.2, -0.15) is 0 Å². The highest BCUT2D eigenvalue weighted by Gasteiger charge is 2.50. The molecule has 3 amide bonds. The number of benzene rings is 1. The van der Waals surface area contributed by atoms with E-state index in [-0.39, 0.29) is 6.54 Å². The number of carbonyl (C=O) groups is 2. The zero-order valence-electron chi connectivity index (χ0n) is 13.3. The van der Waals surface area contributed by atoms with Crippen molar-refractivity contribution in [3.05, 3.63) is 66.0 Å². The smallest absolute Gasteiger partial charge is 0.325 e. The van der Waals surface area contributed by atoms with Gasteiger partial charge in [0, 0.05) is 17.1 Å². The number of carbonyl (C=O) groups excluding carboxylic acids is 2. The summed E-state index contributed by atoms with van der Waals surface area (Å²) in [7, 11) is 0. The molecule has 6 nitrogen and oxygen atoms in total. The molecule has 7 heteroatoms. The van der Waals surface area contributed by atoms with Gasteiger partial charge in [0.1, 0.15) is 11.6 Å². The van der Waals surface area contributed by atoms with E-state index in [4.69, 9.17) is 4.42 Å². The molecule has 1 aliphatic heterocycles. The summed E-state index contributed by atoms with van der Waals surface area (Å²) in [5.74, 6) is -0.562. The van der Waals surface area contributed by atoms with Gasteiger partial charge in [-0.1, -0.05) is 6.07 Å². The predicted molar refractivity (Wildman–Crippen MR) is 86.8 cm³/mol. The number of urea groups is 1. The van der Waals surface area contributed by atoms with Crippen LogP contribution in [0.2, 0.25) is 0 Å². The molecule has 1 fully saturated rings. The molecule has 0 radical (unpaired) electrons. The first-order chi connectivity index (χ1) is 12.0. The lowest BCUT2D eigenvalue weighted by Crippen LogP contribution is -2.40. The number of imide groups is 1. The fraction of sp³-hybridized carbons (Fsp3) is 0.167. The van der Waals surface area contributed by atoms with Gasteiger partial charge in [0.05, 0.1) is 18.3 Å². The predicted octanol–water partition coefficient (Wildman–Crippen LogP) is 2.93. The molecule has 0 spiro atoms. The average Bonchev–Trinajstić information content (AvgIpc) is 3.19. The van der Waals surface area contributed by atoms with Crippen molar-refractivity contribution in [3.8, 4) is 0 Å². The van der Waals surface area contributed by atoms with Crippen LogP contribution in [0.4, 0.5) is 9.18 Å². The fourth-order valence-corrected chi connectivity index (χ4v) is 3.09. The average molecular weight is 339 g/mol. The summed E-state index contributed by atoms with van der Waals surface area (Å²) >= 11 is 0. The third kappa shape index (κ3) is 2.36. The van der Waals surface area contributed by atoms with E-state index in [2.05, 4.69) is 10.3 Å². The summed E-state index contributed by atoms with van der Waals surface area (Å²) < 4.78 is 19.2. The van der Waals surface area contributed by atoms with Crippen LogP contribution in [0.5, 0.6) is 0 Å². The summed E-state index contributed by atoms with van der Waals surface area (Å²) in [5, 5.41) is 3.25. The molecule has 3 aromatic rings. The van der Waals surface area contributed by atoms with E-state index < -0.39 is 23.3 Å². The summed E-state index contributed by atoms with van der Waals surface area (Å²) in [5.41, 5.74) is -0.268. The monoisotopic (exact) mass is 339 g/mol. The van der Waals surface area contributed by atoms with Crippen LogP contribution in [0.15, 0.2) is 53.3 Å². The van der Waals surface area contributed by atoms with E-state index in [1.807, 2.05) is 0 Å². The highest BCUT2D eigenvalue weighted by Crippen LogP contribution is 2.31. The molecule has 0 aliphatic carbocycles. The Balaban J connectivity index is 1.72. The van der Waals surface area contributed by atoms with Gasteiger partial charge < -0.3 is 9.73 Å². The van der Waals surface area contributed by atoms with E-state index in [0.717, 1.165) is 4.90 Å². The standard InChI is InChI=1S/C18H14FN3O3/c1-18(14-5-3-7-25-14)16(23)22(17(24)21-18)10-12-9-13(19)8-11-4-2-6-20-15(11)12/h2-9H,10H2,1H3,(H,21,24)/t18-/m1/s1. The van der Waals surface area contributed by atoms with Crippen LogP contribution in [-0.2, 0) is 16.9 Å². The van der Waals surface area contributed by atoms with Crippen molar-refractivity contribution in [2.45, 2.75) is 19.0 Å². The number of furan rings is 1. The van der Waals surface area contributed by atoms with Gasteiger partial charge >= 0.3 is 6.03 Å². The Bertz CT molecular complexity index is 986. The van der Waals surface area contributed by atoms with Gasteiger partial charge in [0.2, 0.25) is 0 Å². The number of hydrogen-bond donors (Lipinski definition) is 1. The highest BCUT2D eigenvalue weighted by molar-refractivity contribution is 6.07. The zero-order chi connectivity index (χ0) is 17.6. The van der Waals surface area contributed by atoms with Crippen LogP contribution in [0, 0.1) is 5.82 Å². The summed E-state index contributed by atoms with van der Waals surface area (Å²) in [4.78, 5) is 30.5. The lowest BCUT2D eigenvalue weighted by atomic mass is 9.99. The molecule has 1 aromatic carbocycles. The Morgan fingerprint density at radius 1 is 1.28 bits per heavy atom. The molecule has 1 saturated heterocycles. The molecule has 0 unspecified atom stereocenters. The number of pyridine rings is 1. The van der Waals surface area contributed by atoms with Gasteiger partial charge in [-0.15, -0.1) is 0 Å². The Kier molecular flexibility index (Phi) is 3.31. The van der Waals surface area contributed by atoms with Crippen molar-refractivity contribution in [2.24, 2.45) is 0 Å². The zero-order valence-corrected chi connectivity index (χ0v) is 13.3. The van der Waals surface area contributed by atoms with Gasteiger partial charge in [0.15, 0.2) is 5.54 Å². The Hall–Kier alpha value is -3.22. The quantitative estimate of drug-likeness (QED) is 0.745. The van der Waals surface area contributed by atoms with E-state index in [1.54, 1.807) is 37.4 Å². The van der Waals surface area contributed by atoms with E-state index in [1.165, 1.54) is 18.4 Å². The van der Waals surface area contributed by atoms with Crippen LogP contribution in [0.3, 0.4) is 0 Å². The molecule has 1 N–H and O–H groups in total. The number of nitrogens with one attached hydrogen (secondary N) is 1. The van der Waals surface area contributed by atoms with E-state index >= 15 is 0 Å². The van der Waals surface area contributed by atoms with Gasteiger partial charge in [0.25, 0.3) is 5.91 Å². The summed E-state index contributed by atoms with van der Waals surface area (Å²) in [6.45, 7) is 1.50. The van der Waals surface area contributed by atoms with E-state index in [0.29, 0.717) is 22.2 Å². The van der Waals surface area contributed by atoms with Gasteiger partial charge in [-0.25, -0.2) is 9.18 Å². The molecule has 4 rings (SSSR count). The first-order valence-electron chi connectivity index (χ1n) is 7.70. The van der Waals surface area contributed by atoms with Crippen molar-refractivity contribution < 1.29 is 18.4 Å². The third-order valence-corrected chi connectivity index (χ3v) is 4.37. The molecule has 3 heterocycles. The first-order valence-corrected chi connectivity index (χ1v) is 7.70. The van der Waals surface area contributed by atoms with Crippen molar-refractivity contribution in [2.75, 3.05) is 0 Å². The largest absolute Gasteiger partial charge is 0.466 e. The number of nitrogens with zero attached hydrogens (tertiary/aromatic N) is 2. The maximum absolute atomic E-state index is 13.9. The van der Waals surface area contributed by atoms with Gasteiger partial charge in [-0.3, -0.25) is 14.7 Å². The Labute approximate surface area is 142 Å². The number of aromatic nitrogens is 1. The number of amides is 3. The number of hydrogen-bond acceptors (Lipinski definition) is 4. The molecule has 2 aromatic heterocycles. The van der Waals surface area contributed by atoms with Crippen LogP contribution in [0.25, 0.3) is 10.9 Å². The molecule has 1 atom stereocenters. The van der Waals surface area contributed by atoms with Crippen LogP contribution < -0.4 is 5.32 Å². The fourth-order valence-electron chi connectivity index (χ4n) is 3.09. The Morgan fingerprint density at radius 3 is 2.88 bits per heavy atom. The van der Waals surface area contributed by atoms with E-state index in [9.17, 15) is 14.0 Å². The molecular formula is C18H14FN3O3. The lowest BCUT2D eigenvalue weighted by Gasteiger charge is -2.19. The normalized spacial score (nSPS) is 20.3. The van der Waals surface area contributed by atoms with Crippen molar-refractivity contribution >= 4 is 22.8 Å². The van der Waals surface area contributed by atoms with Crippen LogP contribution >= 0.6 is 0 Å². The molecule has 0 saturated carbocycles. The van der Waals surface area contributed by atoms with Crippen molar-refractivity contribution in [3.63, 3.8) is 0 Å². The highest BCUT2D eigenvalue weighted by atomic mass is 19.1. The minimum atomic E-state index is -1.28. The minimum absolute atomic E-state index is 0.0771. The number of rotatable bonds is 3. The molecule has 126 valence electrons.